The number of aryl methyl sites for hydroxylation is 2. The summed E-state index contributed by atoms with van der Waals surface area (Å²) in [6.45, 7) is -0.175. The van der Waals surface area contributed by atoms with Gasteiger partial charge in [-0.15, -0.1) is 0 Å². The van der Waals surface area contributed by atoms with Gasteiger partial charge in [0.15, 0.2) is 6.61 Å². The molecule has 0 fully saturated rings. The number of furan rings is 1. The average Bonchev–Trinajstić information content (AvgIpc) is 3.06. The van der Waals surface area contributed by atoms with E-state index in [1.54, 1.807) is 30.3 Å². The van der Waals surface area contributed by atoms with Crippen molar-refractivity contribution in [3.8, 4) is 17.6 Å². The van der Waals surface area contributed by atoms with Crippen molar-refractivity contribution in [2.45, 2.75) is 32.1 Å². The number of hydrogen-bond acceptors (Lipinski definition) is 5. The molecule has 0 saturated carbocycles. The van der Waals surface area contributed by atoms with Gasteiger partial charge >= 0.3 is 5.97 Å². The van der Waals surface area contributed by atoms with Crippen LogP contribution >= 0.6 is 0 Å². The van der Waals surface area contributed by atoms with Gasteiger partial charge in [0.25, 0.3) is 0 Å². The number of rotatable bonds is 5. The molecular formula is C22H19NO4. The summed E-state index contributed by atoms with van der Waals surface area (Å²) >= 11 is 0. The fourth-order valence-electron chi connectivity index (χ4n) is 3.40. The van der Waals surface area contributed by atoms with E-state index in [1.807, 2.05) is 12.1 Å². The van der Waals surface area contributed by atoms with Crippen LogP contribution in [0.25, 0.3) is 11.0 Å². The lowest BCUT2D eigenvalue weighted by molar-refractivity contribution is -0.136. The number of carbonyl (C=O) groups excluding carboxylic acids is 1. The van der Waals surface area contributed by atoms with E-state index in [1.165, 1.54) is 18.4 Å². The summed E-state index contributed by atoms with van der Waals surface area (Å²) in [5.41, 5.74) is 3.02. The Morgan fingerprint density at radius 2 is 1.85 bits per heavy atom. The number of hydrogen-bond donors (Lipinski definition) is 0. The topological polar surface area (TPSA) is 72.5 Å². The van der Waals surface area contributed by atoms with Crippen molar-refractivity contribution < 1.29 is 18.7 Å². The molecule has 1 aliphatic carbocycles. The molecule has 0 N–H and O–H groups in total. The summed E-state index contributed by atoms with van der Waals surface area (Å²) in [4.78, 5) is 12.0. The minimum Gasteiger partial charge on any atom is -0.482 e. The van der Waals surface area contributed by atoms with E-state index < -0.39 is 5.97 Å². The first-order valence-electron chi connectivity index (χ1n) is 9.06. The lowest BCUT2D eigenvalue weighted by Gasteiger charge is -2.09. The van der Waals surface area contributed by atoms with Crippen LogP contribution in [0.3, 0.4) is 0 Å². The average molecular weight is 361 g/mol. The summed E-state index contributed by atoms with van der Waals surface area (Å²) in [5.74, 6) is 1.66. The molecule has 1 aliphatic rings. The SMILES string of the molecule is N#CCc1ccc(OC(=O)COc2ccc3oc4c(c3c2)CCCC4)cc1. The molecule has 0 bridgehead atoms. The number of ether oxygens (including phenoxy) is 2. The highest BCUT2D eigenvalue weighted by atomic mass is 16.6. The molecule has 27 heavy (non-hydrogen) atoms. The number of esters is 1. The zero-order valence-corrected chi connectivity index (χ0v) is 14.9. The number of nitriles is 1. The van der Waals surface area contributed by atoms with Crippen LogP contribution < -0.4 is 9.47 Å². The van der Waals surface area contributed by atoms with Crippen LogP contribution in [0.4, 0.5) is 0 Å². The molecule has 5 nitrogen and oxygen atoms in total. The van der Waals surface area contributed by atoms with E-state index in [-0.39, 0.29) is 6.61 Å². The summed E-state index contributed by atoms with van der Waals surface area (Å²) in [5, 5.41) is 9.75. The molecule has 2 aromatic carbocycles. The van der Waals surface area contributed by atoms with Crippen molar-refractivity contribution in [3.63, 3.8) is 0 Å². The van der Waals surface area contributed by atoms with Crippen molar-refractivity contribution in [1.82, 2.24) is 0 Å². The van der Waals surface area contributed by atoms with Crippen LogP contribution in [-0.2, 0) is 24.1 Å². The Hall–Kier alpha value is -3.26. The van der Waals surface area contributed by atoms with Crippen LogP contribution in [0.1, 0.15) is 29.7 Å². The third-order valence-electron chi connectivity index (χ3n) is 4.72. The van der Waals surface area contributed by atoms with Crippen molar-refractivity contribution >= 4 is 16.9 Å². The van der Waals surface area contributed by atoms with Crippen LogP contribution in [0.15, 0.2) is 46.9 Å². The molecule has 136 valence electrons. The van der Waals surface area contributed by atoms with Gasteiger partial charge in [-0.05, 0) is 55.2 Å². The van der Waals surface area contributed by atoms with Gasteiger partial charge in [-0.25, -0.2) is 4.79 Å². The second-order valence-electron chi connectivity index (χ2n) is 6.61. The minimum absolute atomic E-state index is 0.175. The van der Waals surface area contributed by atoms with Gasteiger partial charge < -0.3 is 13.9 Å². The van der Waals surface area contributed by atoms with Crippen molar-refractivity contribution in [2.75, 3.05) is 6.61 Å². The molecule has 0 spiro atoms. The fraction of sp³-hybridized carbons (Fsp3) is 0.273. The van der Waals surface area contributed by atoms with E-state index in [0.717, 1.165) is 35.1 Å². The van der Waals surface area contributed by atoms with Crippen molar-refractivity contribution in [3.05, 3.63) is 59.4 Å². The first-order chi connectivity index (χ1) is 13.2. The Kier molecular flexibility index (Phi) is 4.80. The zero-order valence-electron chi connectivity index (χ0n) is 14.9. The van der Waals surface area contributed by atoms with Crippen LogP contribution in [0.5, 0.6) is 11.5 Å². The van der Waals surface area contributed by atoms with Gasteiger partial charge in [0, 0.05) is 17.4 Å². The summed E-state index contributed by atoms with van der Waals surface area (Å²) < 4.78 is 16.8. The van der Waals surface area contributed by atoms with E-state index in [2.05, 4.69) is 6.07 Å². The predicted octanol–water partition coefficient (Wildman–Crippen LogP) is 4.36. The quantitative estimate of drug-likeness (QED) is 0.499. The predicted molar refractivity (Wildman–Crippen MR) is 99.7 cm³/mol. The maximum absolute atomic E-state index is 12.0. The summed E-state index contributed by atoms with van der Waals surface area (Å²) in [7, 11) is 0. The fourth-order valence-corrected chi connectivity index (χ4v) is 3.40. The second kappa shape index (κ2) is 7.55. The van der Waals surface area contributed by atoms with E-state index >= 15 is 0 Å². The molecule has 0 amide bonds. The molecule has 0 saturated heterocycles. The molecule has 0 aliphatic heterocycles. The standard InChI is InChI=1S/C22H19NO4/c23-12-11-15-5-7-16(8-6-15)26-22(24)14-25-17-9-10-21-19(13-17)18-3-1-2-4-20(18)27-21/h5-10,13H,1-4,11,14H2. The third-order valence-corrected chi connectivity index (χ3v) is 4.72. The van der Waals surface area contributed by atoms with Crippen molar-refractivity contribution in [2.24, 2.45) is 0 Å². The van der Waals surface area contributed by atoms with Crippen LogP contribution in [0.2, 0.25) is 0 Å². The highest BCUT2D eigenvalue weighted by molar-refractivity contribution is 5.84. The maximum Gasteiger partial charge on any atom is 0.349 e. The summed E-state index contributed by atoms with van der Waals surface area (Å²) in [6.07, 6.45) is 4.68. The van der Waals surface area contributed by atoms with Gasteiger partial charge in [-0.3, -0.25) is 0 Å². The van der Waals surface area contributed by atoms with E-state index in [0.29, 0.717) is 17.9 Å². The van der Waals surface area contributed by atoms with Gasteiger partial charge in [0.2, 0.25) is 0 Å². The van der Waals surface area contributed by atoms with E-state index in [9.17, 15) is 4.79 Å². The maximum atomic E-state index is 12.0. The number of benzene rings is 2. The number of fused-ring (bicyclic) bond motifs is 3. The lowest BCUT2D eigenvalue weighted by Crippen LogP contribution is -2.17. The van der Waals surface area contributed by atoms with Crippen LogP contribution in [0, 0.1) is 11.3 Å². The first kappa shape index (κ1) is 17.2. The highest BCUT2D eigenvalue weighted by Crippen LogP contribution is 2.33. The Labute approximate surface area is 157 Å². The number of carbonyl (C=O) groups is 1. The Morgan fingerprint density at radius 1 is 1.07 bits per heavy atom. The van der Waals surface area contributed by atoms with Gasteiger partial charge in [-0.2, -0.15) is 5.26 Å². The Morgan fingerprint density at radius 3 is 2.67 bits per heavy atom. The Bertz CT molecular complexity index is 1010. The summed E-state index contributed by atoms with van der Waals surface area (Å²) in [6, 6.07) is 14.6. The van der Waals surface area contributed by atoms with Gasteiger partial charge in [-0.1, -0.05) is 12.1 Å². The van der Waals surface area contributed by atoms with Crippen molar-refractivity contribution in [1.29, 1.82) is 5.26 Å². The smallest absolute Gasteiger partial charge is 0.349 e. The Balaban J connectivity index is 1.39. The van der Waals surface area contributed by atoms with Gasteiger partial charge in [0.05, 0.1) is 12.5 Å². The van der Waals surface area contributed by atoms with Gasteiger partial charge in [0.1, 0.15) is 22.8 Å². The molecule has 0 atom stereocenters. The molecule has 1 aromatic heterocycles. The molecule has 0 radical (unpaired) electrons. The molecule has 3 aromatic rings. The number of nitrogens with zero attached hydrogens (tertiary/aromatic N) is 1. The molecule has 5 heteroatoms. The van der Waals surface area contributed by atoms with E-state index in [4.69, 9.17) is 19.2 Å². The minimum atomic E-state index is -0.475. The molecular weight excluding hydrogens is 342 g/mol. The second-order valence-corrected chi connectivity index (χ2v) is 6.61. The monoisotopic (exact) mass is 361 g/mol. The zero-order chi connectivity index (χ0) is 18.6. The largest absolute Gasteiger partial charge is 0.482 e. The normalized spacial score (nSPS) is 13.0. The molecule has 0 unspecified atom stereocenters. The lowest BCUT2D eigenvalue weighted by atomic mass is 9.96. The highest BCUT2D eigenvalue weighted by Gasteiger charge is 2.18. The third kappa shape index (κ3) is 3.80. The molecule has 1 heterocycles. The van der Waals surface area contributed by atoms with Crippen LogP contribution in [-0.4, -0.2) is 12.6 Å². The molecule has 4 rings (SSSR count). The first-order valence-corrected chi connectivity index (χ1v) is 9.06.